The highest BCUT2D eigenvalue weighted by atomic mass is 32.2. The molecule has 0 aliphatic rings. The minimum atomic E-state index is -4.02. The van der Waals surface area contributed by atoms with Gasteiger partial charge in [0.2, 0.25) is 10.0 Å². The fraction of sp³-hybridized carbons (Fsp3) is 0.200. The largest absolute Gasteiger partial charge is 0.321 e. The Labute approximate surface area is 163 Å². The molecule has 0 atom stereocenters. The molecule has 0 radical (unpaired) electrons. The zero-order chi connectivity index (χ0) is 20.3. The molecule has 0 aliphatic heterocycles. The fourth-order valence-electron chi connectivity index (χ4n) is 2.89. The number of anilines is 1. The molecule has 0 saturated carbocycles. The van der Waals surface area contributed by atoms with E-state index in [0.717, 1.165) is 27.3 Å². The Morgan fingerprint density at radius 3 is 2.54 bits per heavy atom. The van der Waals surface area contributed by atoms with Gasteiger partial charge in [0.25, 0.3) is 5.91 Å². The molecule has 3 aromatic rings. The number of hydrogen-bond donors (Lipinski definition) is 1. The molecular weight excluding hydrogens is 381 g/mol. The monoisotopic (exact) mass is 401 g/mol. The van der Waals surface area contributed by atoms with E-state index in [-0.39, 0.29) is 18.7 Å². The van der Waals surface area contributed by atoms with Gasteiger partial charge in [-0.15, -0.1) is 0 Å². The van der Waals surface area contributed by atoms with Crippen LogP contribution in [0.5, 0.6) is 0 Å². The Kier molecular flexibility index (Phi) is 5.71. The van der Waals surface area contributed by atoms with Gasteiger partial charge in [-0.3, -0.25) is 9.78 Å². The zero-order valence-corrected chi connectivity index (χ0v) is 16.3. The first-order chi connectivity index (χ1) is 13.4. The van der Waals surface area contributed by atoms with Gasteiger partial charge >= 0.3 is 0 Å². The van der Waals surface area contributed by atoms with Crippen molar-refractivity contribution in [3.8, 4) is 0 Å². The van der Waals surface area contributed by atoms with Crippen LogP contribution in [0, 0.1) is 5.82 Å². The van der Waals surface area contributed by atoms with Gasteiger partial charge in [-0.2, -0.15) is 4.31 Å². The molecule has 146 valence electrons. The van der Waals surface area contributed by atoms with Gasteiger partial charge in [-0.1, -0.05) is 32.0 Å². The highest BCUT2D eigenvalue weighted by Crippen LogP contribution is 2.22. The van der Waals surface area contributed by atoms with Crippen LogP contribution >= 0.6 is 0 Å². The predicted molar refractivity (Wildman–Crippen MR) is 106 cm³/mol. The van der Waals surface area contributed by atoms with E-state index in [9.17, 15) is 17.6 Å². The standard InChI is InChI=1S/C20H20FN3O3S/c1-3-24(4-2)28(26,27)19-12-15(9-10-17(19)21)20(25)23-16-11-14-7-5-6-8-18(14)22-13-16/h5-13H,3-4H2,1-2H3,(H,23,25). The Balaban J connectivity index is 1.91. The summed E-state index contributed by atoms with van der Waals surface area (Å²) in [5.74, 6) is -1.44. The molecule has 3 rings (SSSR count). The van der Waals surface area contributed by atoms with E-state index in [0.29, 0.717) is 5.69 Å². The maximum atomic E-state index is 14.2. The lowest BCUT2D eigenvalue weighted by molar-refractivity contribution is 0.102. The third kappa shape index (κ3) is 3.88. The van der Waals surface area contributed by atoms with E-state index in [1.54, 1.807) is 19.9 Å². The van der Waals surface area contributed by atoms with Crippen LogP contribution in [0.25, 0.3) is 10.9 Å². The van der Waals surface area contributed by atoms with E-state index < -0.39 is 26.6 Å². The first-order valence-corrected chi connectivity index (χ1v) is 10.3. The summed E-state index contributed by atoms with van der Waals surface area (Å²) < 4.78 is 40.6. The van der Waals surface area contributed by atoms with Crippen molar-refractivity contribution in [3.05, 3.63) is 66.1 Å². The van der Waals surface area contributed by atoms with E-state index >= 15 is 0 Å². The third-order valence-corrected chi connectivity index (χ3v) is 6.43. The molecule has 28 heavy (non-hydrogen) atoms. The Morgan fingerprint density at radius 2 is 1.82 bits per heavy atom. The van der Waals surface area contributed by atoms with E-state index in [2.05, 4.69) is 10.3 Å². The highest BCUT2D eigenvalue weighted by Gasteiger charge is 2.26. The van der Waals surface area contributed by atoms with E-state index in [4.69, 9.17) is 0 Å². The quantitative estimate of drug-likeness (QED) is 0.684. The number of halogens is 1. The van der Waals surface area contributed by atoms with Gasteiger partial charge in [0.1, 0.15) is 10.7 Å². The van der Waals surface area contributed by atoms with Crippen LogP contribution in [0.4, 0.5) is 10.1 Å². The lowest BCUT2D eigenvalue weighted by Crippen LogP contribution is -2.31. The predicted octanol–water partition coefficient (Wildman–Crippen LogP) is 3.66. The van der Waals surface area contributed by atoms with Crippen LogP contribution in [-0.2, 0) is 10.0 Å². The number of sulfonamides is 1. The van der Waals surface area contributed by atoms with Crippen LogP contribution in [0.2, 0.25) is 0 Å². The summed E-state index contributed by atoms with van der Waals surface area (Å²) in [7, 11) is -4.02. The smallest absolute Gasteiger partial charge is 0.255 e. The summed E-state index contributed by atoms with van der Waals surface area (Å²) in [6, 6.07) is 12.5. The molecule has 0 spiro atoms. The minimum Gasteiger partial charge on any atom is -0.321 e. The van der Waals surface area contributed by atoms with Crippen LogP contribution in [0.3, 0.4) is 0 Å². The van der Waals surface area contributed by atoms with Crippen molar-refractivity contribution in [2.75, 3.05) is 18.4 Å². The normalized spacial score (nSPS) is 11.7. The molecule has 0 fully saturated rings. The molecule has 1 aromatic heterocycles. The van der Waals surface area contributed by atoms with Crippen molar-refractivity contribution >= 4 is 32.5 Å². The SMILES string of the molecule is CCN(CC)S(=O)(=O)c1cc(C(=O)Nc2cnc3ccccc3c2)ccc1F. The number of amides is 1. The lowest BCUT2D eigenvalue weighted by Gasteiger charge is -2.19. The minimum absolute atomic E-state index is 0.0419. The topological polar surface area (TPSA) is 79.4 Å². The third-order valence-electron chi connectivity index (χ3n) is 4.36. The summed E-state index contributed by atoms with van der Waals surface area (Å²) in [4.78, 5) is 16.3. The van der Waals surface area contributed by atoms with Crippen LogP contribution in [0.15, 0.2) is 59.6 Å². The summed E-state index contributed by atoms with van der Waals surface area (Å²) in [6.45, 7) is 3.75. The van der Waals surface area contributed by atoms with Crippen molar-refractivity contribution in [1.29, 1.82) is 0 Å². The summed E-state index contributed by atoms with van der Waals surface area (Å²) in [6.07, 6.45) is 1.51. The average molecular weight is 401 g/mol. The summed E-state index contributed by atoms with van der Waals surface area (Å²) >= 11 is 0. The first-order valence-electron chi connectivity index (χ1n) is 8.82. The number of aromatic nitrogens is 1. The van der Waals surface area contributed by atoms with Crippen molar-refractivity contribution in [2.24, 2.45) is 0 Å². The van der Waals surface area contributed by atoms with E-state index in [1.807, 2.05) is 24.3 Å². The number of nitrogens with one attached hydrogen (secondary N) is 1. The number of benzene rings is 2. The van der Waals surface area contributed by atoms with Gasteiger partial charge < -0.3 is 5.32 Å². The van der Waals surface area contributed by atoms with Crippen LogP contribution in [-0.4, -0.2) is 36.7 Å². The van der Waals surface area contributed by atoms with Crippen molar-refractivity contribution < 1.29 is 17.6 Å². The van der Waals surface area contributed by atoms with Crippen LogP contribution < -0.4 is 5.32 Å². The number of carbonyl (C=O) groups is 1. The van der Waals surface area contributed by atoms with Crippen LogP contribution in [0.1, 0.15) is 24.2 Å². The van der Waals surface area contributed by atoms with Gasteiger partial charge in [-0.05, 0) is 30.3 Å². The van der Waals surface area contributed by atoms with Crippen molar-refractivity contribution in [2.45, 2.75) is 18.7 Å². The number of carbonyl (C=O) groups excluding carboxylic acids is 1. The van der Waals surface area contributed by atoms with Crippen molar-refractivity contribution in [1.82, 2.24) is 9.29 Å². The Morgan fingerprint density at radius 1 is 1.11 bits per heavy atom. The maximum Gasteiger partial charge on any atom is 0.255 e. The van der Waals surface area contributed by atoms with Crippen molar-refractivity contribution in [3.63, 3.8) is 0 Å². The Bertz CT molecular complexity index is 1130. The Hall–Kier alpha value is -2.84. The second kappa shape index (κ2) is 8.04. The molecule has 6 nitrogen and oxygen atoms in total. The molecular formula is C20H20FN3O3S. The zero-order valence-electron chi connectivity index (χ0n) is 15.5. The lowest BCUT2D eigenvalue weighted by atomic mass is 10.2. The van der Waals surface area contributed by atoms with Gasteiger partial charge in [0, 0.05) is 24.0 Å². The highest BCUT2D eigenvalue weighted by molar-refractivity contribution is 7.89. The second-order valence-electron chi connectivity index (χ2n) is 6.11. The number of hydrogen-bond acceptors (Lipinski definition) is 4. The molecule has 1 amide bonds. The molecule has 0 saturated heterocycles. The average Bonchev–Trinajstić information content (AvgIpc) is 2.68. The number of rotatable bonds is 6. The molecule has 1 heterocycles. The summed E-state index contributed by atoms with van der Waals surface area (Å²) in [5, 5.41) is 3.52. The first kappa shape index (κ1) is 19.9. The van der Waals surface area contributed by atoms with Gasteiger partial charge in [0.05, 0.1) is 17.4 Å². The molecule has 0 unspecified atom stereocenters. The fourth-order valence-corrected chi connectivity index (χ4v) is 4.44. The number of nitrogens with zero attached hydrogens (tertiary/aromatic N) is 2. The van der Waals surface area contributed by atoms with Gasteiger partial charge in [-0.25, -0.2) is 12.8 Å². The molecule has 1 N–H and O–H groups in total. The van der Waals surface area contributed by atoms with Gasteiger partial charge in [0.15, 0.2) is 0 Å². The molecule has 0 bridgehead atoms. The second-order valence-corrected chi connectivity index (χ2v) is 8.01. The number of fused-ring (bicyclic) bond motifs is 1. The molecule has 2 aromatic carbocycles. The maximum absolute atomic E-state index is 14.2. The van der Waals surface area contributed by atoms with E-state index in [1.165, 1.54) is 12.3 Å². The molecule has 0 aliphatic carbocycles. The summed E-state index contributed by atoms with van der Waals surface area (Å²) in [5.41, 5.74) is 1.29. The molecule has 8 heteroatoms. The number of pyridine rings is 1. The number of para-hydroxylation sites is 1.